The predicted molar refractivity (Wildman–Crippen MR) is 73.1 cm³/mol. The number of H-pyrrole nitrogens is 1. The minimum Gasteiger partial charge on any atom is -0.337 e. The van der Waals surface area contributed by atoms with E-state index in [1.165, 1.54) is 32.4 Å². The van der Waals surface area contributed by atoms with Gasteiger partial charge < -0.3 is 4.90 Å². The van der Waals surface area contributed by atoms with Crippen LogP contribution in [0.4, 0.5) is 0 Å². The van der Waals surface area contributed by atoms with Crippen molar-refractivity contribution in [1.29, 1.82) is 0 Å². The van der Waals surface area contributed by atoms with Crippen molar-refractivity contribution in [2.75, 3.05) is 26.2 Å². The Morgan fingerprint density at radius 2 is 2.11 bits per heavy atom. The van der Waals surface area contributed by atoms with Gasteiger partial charge in [0.15, 0.2) is 0 Å². The maximum absolute atomic E-state index is 12.5. The second-order valence-electron chi connectivity index (χ2n) is 5.70. The summed E-state index contributed by atoms with van der Waals surface area (Å²) in [6, 6.07) is 0.562. The number of rotatable bonds is 2. The summed E-state index contributed by atoms with van der Waals surface area (Å²) in [6.45, 7) is 6.08. The fraction of sp³-hybridized carbons (Fsp3) is 0.714. The number of amides is 1. The van der Waals surface area contributed by atoms with Crippen LogP contribution < -0.4 is 0 Å². The first kappa shape index (κ1) is 12.7. The zero-order valence-electron chi connectivity index (χ0n) is 11.6. The molecule has 0 saturated carbocycles. The summed E-state index contributed by atoms with van der Waals surface area (Å²) in [6.07, 6.45) is 6.62. The maximum Gasteiger partial charge on any atom is 0.257 e. The molecule has 0 radical (unpaired) electrons. The van der Waals surface area contributed by atoms with Crippen LogP contribution in [0.25, 0.3) is 0 Å². The van der Waals surface area contributed by atoms with E-state index < -0.39 is 0 Å². The molecule has 0 aliphatic carbocycles. The van der Waals surface area contributed by atoms with E-state index in [-0.39, 0.29) is 5.91 Å². The van der Waals surface area contributed by atoms with Gasteiger partial charge in [0.05, 0.1) is 11.8 Å². The molecule has 1 N–H and O–H groups in total. The van der Waals surface area contributed by atoms with E-state index in [4.69, 9.17) is 0 Å². The largest absolute Gasteiger partial charge is 0.337 e. The smallest absolute Gasteiger partial charge is 0.257 e. The van der Waals surface area contributed by atoms with Crippen LogP contribution in [0.3, 0.4) is 0 Å². The van der Waals surface area contributed by atoms with Crippen LogP contribution in [0.2, 0.25) is 0 Å². The summed E-state index contributed by atoms with van der Waals surface area (Å²) < 4.78 is 0. The van der Waals surface area contributed by atoms with E-state index in [1.54, 1.807) is 6.20 Å². The van der Waals surface area contributed by atoms with Crippen LogP contribution in [-0.4, -0.2) is 58.1 Å². The quantitative estimate of drug-likeness (QED) is 0.877. The van der Waals surface area contributed by atoms with Crippen molar-refractivity contribution in [3.8, 4) is 0 Å². The number of aryl methyl sites for hydroxylation is 1. The molecular weight excluding hydrogens is 240 g/mol. The number of likely N-dealkylation sites (tertiary alicyclic amines) is 2. The van der Waals surface area contributed by atoms with Crippen molar-refractivity contribution in [2.45, 2.75) is 38.6 Å². The number of hydrogen-bond donors (Lipinski definition) is 1. The zero-order valence-corrected chi connectivity index (χ0v) is 11.6. The molecule has 1 amide bonds. The summed E-state index contributed by atoms with van der Waals surface area (Å²) in [7, 11) is 0. The van der Waals surface area contributed by atoms with E-state index in [2.05, 4.69) is 15.1 Å². The topological polar surface area (TPSA) is 52.2 Å². The number of carbonyl (C=O) groups excluding carboxylic acids is 1. The van der Waals surface area contributed by atoms with Gasteiger partial charge in [-0.1, -0.05) is 0 Å². The number of nitrogens with zero attached hydrogens (tertiary/aromatic N) is 3. The molecule has 5 heteroatoms. The normalized spacial score (nSPS) is 24.9. The standard InChI is InChI=1S/C14H22N4O/c1-11-13(9-15-16-11)14(19)18-8-4-5-12(10-18)17-6-2-3-7-17/h9,12H,2-8,10H2,1H3,(H,15,16). The number of nitrogens with one attached hydrogen (secondary N) is 1. The van der Waals surface area contributed by atoms with Crippen molar-refractivity contribution < 1.29 is 4.79 Å². The third-order valence-corrected chi connectivity index (χ3v) is 4.40. The van der Waals surface area contributed by atoms with Gasteiger partial charge in [-0.2, -0.15) is 5.10 Å². The second kappa shape index (κ2) is 5.33. The molecule has 2 aliphatic heterocycles. The molecule has 5 nitrogen and oxygen atoms in total. The highest BCUT2D eigenvalue weighted by Crippen LogP contribution is 2.22. The minimum absolute atomic E-state index is 0.134. The maximum atomic E-state index is 12.5. The molecule has 2 aliphatic rings. The molecule has 0 aromatic carbocycles. The molecular formula is C14H22N4O. The van der Waals surface area contributed by atoms with Crippen LogP contribution in [0.5, 0.6) is 0 Å². The first-order chi connectivity index (χ1) is 9.25. The first-order valence-electron chi connectivity index (χ1n) is 7.29. The summed E-state index contributed by atoms with van der Waals surface area (Å²) in [5.41, 5.74) is 1.59. The fourth-order valence-corrected chi connectivity index (χ4v) is 3.28. The fourth-order valence-electron chi connectivity index (χ4n) is 3.28. The lowest BCUT2D eigenvalue weighted by Crippen LogP contribution is -2.49. The Balaban J connectivity index is 1.67. The van der Waals surface area contributed by atoms with Gasteiger partial charge in [0.25, 0.3) is 5.91 Å². The molecule has 1 unspecified atom stereocenters. The van der Waals surface area contributed by atoms with E-state index in [9.17, 15) is 4.79 Å². The average molecular weight is 262 g/mol. The van der Waals surface area contributed by atoms with Crippen LogP contribution in [0.15, 0.2) is 6.20 Å². The highest BCUT2D eigenvalue weighted by Gasteiger charge is 2.30. The van der Waals surface area contributed by atoms with Gasteiger partial charge in [-0.3, -0.25) is 14.8 Å². The Morgan fingerprint density at radius 1 is 1.32 bits per heavy atom. The molecule has 0 bridgehead atoms. The lowest BCUT2D eigenvalue weighted by Gasteiger charge is -2.37. The van der Waals surface area contributed by atoms with E-state index in [0.717, 1.165) is 30.8 Å². The van der Waals surface area contributed by atoms with Gasteiger partial charge in [-0.15, -0.1) is 0 Å². The Hall–Kier alpha value is -1.36. The first-order valence-corrected chi connectivity index (χ1v) is 7.29. The number of aromatic amines is 1. The van der Waals surface area contributed by atoms with E-state index in [0.29, 0.717) is 6.04 Å². The highest BCUT2D eigenvalue weighted by atomic mass is 16.2. The van der Waals surface area contributed by atoms with Gasteiger partial charge in [-0.05, 0) is 45.7 Å². The number of hydrogen-bond acceptors (Lipinski definition) is 3. The average Bonchev–Trinajstić information content (AvgIpc) is 3.09. The Morgan fingerprint density at radius 3 is 2.79 bits per heavy atom. The second-order valence-corrected chi connectivity index (χ2v) is 5.70. The number of piperidine rings is 1. The van der Waals surface area contributed by atoms with E-state index in [1.807, 2.05) is 11.8 Å². The van der Waals surface area contributed by atoms with E-state index >= 15 is 0 Å². The molecule has 3 rings (SSSR count). The lowest BCUT2D eigenvalue weighted by molar-refractivity contribution is 0.0607. The minimum atomic E-state index is 0.134. The number of aromatic nitrogens is 2. The summed E-state index contributed by atoms with van der Waals surface area (Å²) in [5.74, 6) is 0.134. The molecule has 0 spiro atoms. The van der Waals surface area contributed by atoms with Crippen LogP contribution in [0.1, 0.15) is 41.7 Å². The Labute approximate surface area is 114 Å². The molecule has 1 aromatic heterocycles. The third kappa shape index (κ3) is 2.52. The molecule has 1 aromatic rings. The lowest BCUT2D eigenvalue weighted by atomic mass is 10.0. The molecule has 1 atom stereocenters. The van der Waals surface area contributed by atoms with Crippen molar-refractivity contribution >= 4 is 5.91 Å². The van der Waals surface area contributed by atoms with Crippen molar-refractivity contribution in [2.24, 2.45) is 0 Å². The van der Waals surface area contributed by atoms with Crippen molar-refractivity contribution in [1.82, 2.24) is 20.0 Å². The van der Waals surface area contributed by atoms with Gasteiger partial charge in [0.1, 0.15) is 0 Å². The van der Waals surface area contributed by atoms with Crippen LogP contribution in [0, 0.1) is 6.92 Å². The van der Waals surface area contributed by atoms with Gasteiger partial charge in [-0.25, -0.2) is 0 Å². The van der Waals surface area contributed by atoms with Gasteiger partial charge in [0, 0.05) is 24.8 Å². The highest BCUT2D eigenvalue weighted by molar-refractivity contribution is 5.95. The van der Waals surface area contributed by atoms with Gasteiger partial charge in [0.2, 0.25) is 0 Å². The summed E-state index contributed by atoms with van der Waals surface area (Å²) in [4.78, 5) is 17.1. The predicted octanol–water partition coefficient (Wildman–Crippen LogP) is 1.42. The van der Waals surface area contributed by atoms with Crippen LogP contribution in [-0.2, 0) is 0 Å². The van der Waals surface area contributed by atoms with Crippen LogP contribution >= 0.6 is 0 Å². The van der Waals surface area contributed by atoms with Gasteiger partial charge >= 0.3 is 0 Å². The molecule has 3 heterocycles. The monoisotopic (exact) mass is 262 g/mol. The molecule has 2 fully saturated rings. The SMILES string of the molecule is Cc1[nH]ncc1C(=O)N1CCCC(N2CCCC2)C1. The van der Waals surface area contributed by atoms with Crippen molar-refractivity contribution in [3.63, 3.8) is 0 Å². The summed E-state index contributed by atoms with van der Waals surface area (Å²) in [5, 5.41) is 6.80. The van der Waals surface area contributed by atoms with Crippen molar-refractivity contribution in [3.05, 3.63) is 17.5 Å². The zero-order chi connectivity index (χ0) is 13.2. The summed E-state index contributed by atoms with van der Waals surface area (Å²) >= 11 is 0. The molecule has 19 heavy (non-hydrogen) atoms. The Bertz CT molecular complexity index is 450. The Kier molecular flexibility index (Phi) is 3.55. The molecule has 104 valence electrons. The molecule has 2 saturated heterocycles. The third-order valence-electron chi connectivity index (χ3n) is 4.40. The number of carbonyl (C=O) groups is 1.